The van der Waals surface area contributed by atoms with Crippen LogP contribution in [0.2, 0.25) is 0 Å². The Morgan fingerprint density at radius 1 is 1.36 bits per heavy atom. The van der Waals surface area contributed by atoms with Crippen LogP contribution in [0.3, 0.4) is 0 Å². The van der Waals surface area contributed by atoms with E-state index < -0.39 is 24.0 Å². The first-order chi connectivity index (χ1) is 16.0. The number of nitrogens with zero attached hydrogens (tertiary/aromatic N) is 3. The number of carbonyl (C=O) groups is 1. The molecule has 172 valence electrons. The van der Waals surface area contributed by atoms with Crippen molar-refractivity contribution in [3.8, 4) is 17.2 Å². The monoisotopic (exact) mass is 455 g/mol. The number of aromatic nitrogens is 1. The number of nitrogens with two attached hydrogens (primary N) is 1. The summed E-state index contributed by atoms with van der Waals surface area (Å²) in [6.07, 6.45) is 3.07. The van der Waals surface area contributed by atoms with Crippen LogP contribution in [-0.4, -0.2) is 43.5 Å². The molecule has 0 radical (unpaired) electrons. The van der Waals surface area contributed by atoms with Crippen LogP contribution in [0, 0.1) is 34.9 Å². The normalized spacial score (nSPS) is 25.4. The van der Waals surface area contributed by atoms with Crippen molar-refractivity contribution < 1.29 is 23.0 Å². The number of ether oxygens (including phenoxy) is 2. The fourth-order valence-corrected chi connectivity index (χ4v) is 3.99. The molecule has 2 saturated heterocycles. The van der Waals surface area contributed by atoms with Crippen molar-refractivity contribution in [1.29, 1.82) is 5.26 Å². The fourth-order valence-electron chi connectivity index (χ4n) is 3.99. The van der Waals surface area contributed by atoms with Crippen molar-refractivity contribution in [2.45, 2.75) is 6.10 Å². The van der Waals surface area contributed by atoms with Crippen molar-refractivity contribution in [3.63, 3.8) is 0 Å². The molecule has 0 bridgehead atoms. The number of fused-ring (bicyclic) bond motifs is 1. The zero-order valence-corrected chi connectivity index (χ0v) is 17.7. The summed E-state index contributed by atoms with van der Waals surface area (Å²) in [7, 11) is 0. The van der Waals surface area contributed by atoms with Gasteiger partial charge >= 0.3 is 6.09 Å². The summed E-state index contributed by atoms with van der Waals surface area (Å²) in [4.78, 5) is 17.3. The molecule has 10 heteroatoms. The number of anilines is 1. The number of cyclic esters (lactones) is 1. The molecule has 2 unspecified atom stereocenters. The number of carbonyl (C=O) groups excluding carboxylic acids is 1. The van der Waals surface area contributed by atoms with Crippen molar-refractivity contribution >= 4 is 11.8 Å². The van der Waals surface area contributed by atoms with Gasteiger partial charge in [-0.3, -0.25) is 9.88 Å². The molecule has 4 atom stereocenters. The molecule has 1 saturated carbocycles. The smallest absolute Gasteiger partial charge is 0.414 e. The van der Waals surface area contributed by atoms with Crippen LogP contribution in [0.25, 0.3) is 11.1 Å². The quantitative estimate of drug-likeness (QED) is 0.667. The lowest BCUT2D eigenvalue weighted by Crippen LogP contribution is -2.29. The van der Waals surface area contributed by atoms with Crippen molar-refractivity contribution in [2.24, 2.45) is 23.5 Å². The number of pyridine rings is 1. The van der Waals surface area contributed by atoms with Gasteiger partial charge in [0.25, 0.3) is 0 Å². The average molecular weight is 455 g/mol. The number of nitrogens with one attached hydrogen (secondary N) is 1. The minimum atomic E-state index is -0.866. The van der Waals surface area contributed by atoms with Crippen molar-refractivity contribution in [2.75, 3.05) is 31.2 Å². The first-order valence-corrected chi connectivity index (χ1v) is 10.5. The zero-order chi connectivity index (χ0) is 23.4. The summed E-state index contributed by atoms with van der Waals surface area (Å²) in [5.41, 5.74) is 6.30. The lowest BCUT2D eigenvalue weighted by atomic mass is 10.1. The molecule has 5 rings (SSSR count). The van der Waals surface area contributed by atoms with E-state index in [2.05, 4.69) is 16.4 Å². The third-order valence-corrected chi connectivity index (χ3v) is 5.80. The average Bonchev–Trinajstić information content (AvgIpc) is 3.09. The van der Waals surface area contributed by atoms with Gasteiger partial charge < -0.3 is 20.5 Å². The van der Waals surface area contributed by atoms with E-state index in [9.17, 15) is 13.6 Å². The lowest BCUT2D eigenvalue weighted by molar-refractivity contribution is 0.142. The third kappa shape index (κ3) is 5.21. The zero-order valence-electron chi connectivity index (χ0n) is 17.7. The van der Waals surface area contributed by atoms with Gasteiger partial charge in [0, 0.05) is 35.4 Å². The van der Waals surface area contributed by atoms with Crippen LogP contribution in [0.15, 0.2) is 54.9 Å². The SMILES string of the molecule is N#CC1[C@H]2COC[C@@H]12.N/C(F)=C\NCC1CN(c2ccc(-c3cccnc3)c(F)c2)C(=O)O1. The second kappa shape index (κ2) is 9.83. The molecule has 3 N–H and O–H groups in total. The highest BCUT2D eigenvalue weighted by atomic mass is 19.1. The molecule has 8 nitrogen and oxygen atoms in total. The van der Waals surface area contributed by atoms with E-state index in [-0.39, 0.29) is 13.1 Å². The lowest BCUT2D eigenvalue weighted by Gasteiger charge is -2.14. The minimum absolute atomic E-state index is 0.198. The standard InChI is InChI=1S/C17H16F2N4O2.C6H7NO/c18-15-6-12(3-4-14(15)11-2-1-5-21-7-11)23-10-13(25-17(23)24)8-22-9-16(19)20;7-1-4-5-2-8-3-6(4)5/h1-7,9,13,22H,8,10,20H2;4-6H,2-3H2/b16-9-;/t;4?,5-,6+. The van der Waals surface area contributed by atoms with E-state index in [1.807, 2.05) is 0 Å². The molecule has 0 spiro atoms. The van der Waals surface area contributed by atoms with E-state index in [1.165, 1.54) is 11.0 Å². The highest BCUT2D eigenvalue weighted by Crippen LogP contribution is 2.49. The molecule has 1 amide bonds. The largest absolute Gasteiger partial charge is 0.442 e. The van der Waals surface area contributed by atoms with E-state index in [4.69, 9.17) is 20.5 Å². The van der Waals surface area contributed by atoms with Gasteiger partial charge in [0.2, 0.25) is 0 Å². The molecule has 3 aliphatic rings. The summed E-state index contributed by atoms with van der Waals surface area (Å²) in [5, 5.41) is 11.0. The Hall–Kier alpha value is -3.71. The third-order valence-electron chi connectivity index (χ3n) is 5.80. The van der Waals surface area contributed by atoms with Crippen LogP contribution in [0.1, 0.15) is 0 Å². The van der Waals surface area contributed by atoms with Crippen LogP contribution in [-0.2, 0) is 9.47 Å². The number of hydrogen-bond donors (Lipinski definition) is 2. The highest BCUT2D eigenvalue weighted by molar-refractivity contribution is 5.90. The number of amides is 1. The predicted molar refractivity (Wildman–Crippen MR) is 116 cm³/mol. The van der Waals surface area contributed by atoms with E-state index in [1.54, 1.807) is 36.7 Å². The maximum atomic E-state index is 14.4. The van der Waals surface area contributed by atoms with Gasteiger partial charge in [-0.1, -0.05) is 6.07 Å². The van der Waals surface area contributed by atoms with E-state index >= 15 is 0 Å². The molecular weight excluding hydrogens is 432 g/mol. The van der Waals surface area contributed by atoms with Gasteiger partial charge in [0.15, 0.2) is 5.95 Å². The van der Waals surface area contributed by atoms with Crippen molar-refractivity contribution in [3.05, 3.63) is 60.7 Å². The number of rotatable bonds is 5. The van der Waals surface area contributed by atoms with Crippen LogP contribution in [0.5, 0.6) is 0 Å². The molecule has 1 aliphatic carbocycles. The summed E-state index contributed by atoms with van der Waals surface area (Å²) in [5.74, 6) is 0.242. The summed E-state index contributed by atoms with van der Waals surface area (Å²) >= 11 is 0. The Bertz CT molecular complexity index is 1060. The number of halogens is 2. The van der Waals surface area contributed by atoms with Gasteiger partial charge in [-0.15, -0.1) is 0 Å². The summed E-state index contributed by atoms with van der Waals surface area (Å²) < 4.78 is 37.1. The maximum absolute atomic E-state index is 14.4. The van der Waals surface area contributed by atoms with Gasteiger partial charge in [-0.2, -0.15) is 9.65 Å². The molecule has 3 fully saturated rings. The first kappa shape index (κ1) is 22.5. The molecule has 1 aromatic heterocycles. The van der Waals surface area contributed by atoms with Crippen LogP contribution < -0.4 is 16.0 Å². The topological polar surface area (TPSA) is 113 Å². The molecule has 2 aromatic rings. The Morgan fingerprint density at radius 2 is 2.15 bits per heavy atom. The maximum Gasteiger partial charge on any atom is 0.414 e. The first-order valence-electron chi connectivity index (χ1n) is 10.5. The molecule has 2 aliphatic heterocycles. The molecular formula is C23H23F2N5O3. The minimum Gasteiger partial charge on any atom is -0.442 e. The number of nitriles is 1. The Morgan fingerprint density at radius 3 is 2.76 bits per heavy atom. The fraction of sp³-hybridized carbons (Fsp3) is 0.348. The Balaban J connectivity index is 0.000000269. The van der Waals surface area contributed by atoms with Crippen LogP contribution >= 0.6 is 0 Å². The Labute approximate surface area is 189 Å². The van der Waals surface area contributed by atoms with Gasteiger partial charge in [-0.25, -0.2) is 9.18 Å². The summed E-state index contributed by atoms with van der Waals surface area (Å²) in [6, 6.07) is 10.2. The van der Waals surface area contributed by atoms with Crippen molar-refractivity contribution in [1.82, 2.24) is 10.3 Å². The summed E-state index contributed by atoms with van der Waals surface area (Å²) in [6.45, 7) is 2.09. The van der Waals surface area contributed by atoms with Gasteiger partial charge in [-0.05, 0) is 24.3 Å². The molecule has 1 aromatic carbocycles. The van der Waals surface area contributed by atoms with E-state index in [0.29, 0.717) is 34.6 Å². The van der Waals surface area contributed by atoms with Gasteiger partial charge in [0.1, 0.15) is 11.9 Å². The second-order valence-electron chi connectivity index (χ2n) is 7.98. The predicted octanol–water partition coefficient (Wildman–Crippen LogP) is 2.93. The second-order valence-corrected chi connectivity index (χ2v) is 7.98. The van der Waals surface area contributed by atoms with Crippen LogP contribution in [0.4, 0.5) is 19.3 Å². The highest BCUT2D eigenvalue weighted by Gasteiger charge is 2.54. The van der Waals surface area contributed by atoms with Gasteiger partial charge in [0.05, 0.1) is 50.2 Å². The molecule has 33 heavy (non-hydrogen) atoms. The number of hydrogen-bond acceptors (Lipinski definition) is 7. The van der Waals surface area contributed by atoms with E-state index in [0.717, 1.165) is 19.4 Å². The molecule has 3 heterocycles. The number of benzene rings is 1. The Kier molecular flexibility index (Phi) is 6.70.